The van der Waals surface area contributed by atoms with E-state index < -0.39 is 6.10 Å². The molecule has 0 saturated carbocycles. The van der Waals surface area contributed by atoms with Crippen LogP contribution in [0.25, 0.3) is 0 Å². The van der Waals surface area contributed by atoms with E-state index >= 15 is 0 Å². The van der Waals surface area contributed by atoms with Crippen LogP contribution in [0.4, 0.5) is 0 Å². The molecule has 0 aliphatic carbocycles. The molecule has 0 bridgehead atoms. The van der Waals surface area contributed by atoms with Crippen molar-refractivity contribution in [1.29, 1.82) is 0 Å². The highest BCUT2D eigenvalue weighted by Gasteiger charge is 1.92. The summed E-state index contributed by atoms with van der Waals surface area (Å²) in [4.78, 5) is 2.46. The molecule has 2 heteroatoms. The van der Waals surface area contributed by atoms with Gasteiger partial charge in [-0.3, -0.25) is 0 Å². The molecule has 0 heterocycles. The van der Waals surface area contributed by atoms with Gasteiger partial charge in [0, 0.05) is 15.9 Å². The van der Waals surface area contributed by atoms with Crippen molar-refractivity contribution in [2.45, 2.75) is 25.9 Å². The van der Waals surface area contributed by atoms with Gasteiger partial charge in [-0.05, 0) is 11.3 Å². The van der Waals surface area contributed by atoms with Gasteiger partial charge in [-0.1, -0.05) is 19.3 Å². The maximum absolute atomic E-state index is 8.85. The van der Waals surface area contributed by atoms with Crippen molar-refractivity contribution in [1.82, 2.24) is 0 Å². The van der Waals surface area contributed by atoms with Crippen LogP contribution < -0.4 is 0 Å². The van der Waals surface area contributed by atoms with Crippen molar-refractivity contribution in [3.63, 3.8) is 0 Å². The van der Waals surface area contributed by atoms with Gasteiger partial charge in [-0.25, -0.2) is 0 Å². The maximum Gasteiger partial charge on any atom is 0.115 e. The molecule has 0 aromatic rings. The second kappa shape index (κ2) is 5.14. The second-order valence-electron chi connectivity index (χ2n) is 1.54. The summed E-state index contributed by atoms with van der Waals surface area (Å²) < 4.78 is 0. The van der Waals surface area contributed by atoms with E-state index in [9.17, 15) is 0 Å². The molecular weight excluding hydrogens is 168 g/mol. The topological polar surface area (TPSA) is 20.2 Å². The molecule has 0 rings (SSSR count). The quantitative estimate of drug-likeness (QED) is 0.633. The summed E-state index contributed by atoms with van der Waals surface area (Å²) >= 11 is 2.90. The third kappa shape index (κ3) is 4.17. The molecule has 0 spiro atoms. The summed E-state index contributed by atoms with van der Waals surface area (Å²) in [7, 11) is 0. The molecule has 8 heavy (non-hydrogen) atoms. The monoisotopic (exact) mass is 176 g/mol. The van der Waals surface area contributed by atoms with Crippen LogP contribution in [-0.4, -0.2) is 11.2 Å². The molecule has 0 radical (unpaired) electrons. The van der Waals surface area contributed by atoms with Crippen molar-refractivity contribution in [3.8, 4) is 10.8 Å². The normalized spacial score (nSPS) is 11.9. The number of halogens is 1. The van der Waals surface area contributed by atoms with Gasteiger partial charge in [0.2, 0.25) is 0 Å². The molecule has 0 fully saturated rings. The van der Waals surface area contributed by atoms with Gasteiger partial charge in [0.05, 0.1) is 0 Å². The van der Waals surface area contributed by atoms with Gasteiger partial charge in [0.15, 0.2) is 0 Å². The smallest absolute Gasteiger partial charge is 0.115 e. The molecule has 0 saturated heterocycles. The fourth-order valence-corrected chi connectivity index (χ4v) is 0.673. The number of aliphatic hydroxyl groups excluding tert-OH is 1. The first-order valence-electron chi connectivity index (χ1n) is 2.60. The van der Waals surface area contributed by atoms with E-state index in [0.29, 0.717) is 0 Å². The SMILES string of the molecule is CCCC(O)C#CBr. The Labute approximate surface area is 58.2 Å². The lowest BCUT2D eigenvalue weighted by Crippen LogP contribution is -2.00. The van der Waals surface area contributed by atoms with Gasteiger partial charge >= 0.3 is 0 Å². The van der Waals surface area contributed by atoms with Crippen LogP contribution in [0.3, 0.4) is 0 Å². The lowest BCUT2D eigenvalue weighted by Gasteiger charge is -1.95. The molecule has 1 atom stereocenters. The molecule has 46 valence electrons. The first-order valence-corrected chi connectivity index (χ1v) is 3.39. The zero-order valence-corrected chi connectivity index (χ0v) is 6.40. The number of aliphatic hydroxyl groups is 1. The first-order chi connectivity index (χ1) is 3.81. The van der Waals surface area contributed by atoms with Crippen molar-refractivity contribution < 1.29 is 5.11 Å². The molecule has 1 unspecified atom stereocenters. The standard InChI is InChI=1S/C6H9BrO/c1-2-3-6(8)4-5-7/h6,8H,2-3H2,1H3. The zero-order chi connectivity index (χ0) is 6.41. The summed E-state index contributed by atoms with van der Waals surface area (Å²) in [5.41, 5.74) is 0. The Morgan fingerprint density at radius 3 is 2.75 bits per heavy atom. The van der Waals surface area contributed by atoms with Gasteiger partial charge in [-0.15, -0.1) is 0 Å². The fourth-order valence-electron chi connectivity index (χ4n) is 0.409. The van der Waals surface area contributed by atoms with E-state index in [0.717, 1.165) is 12.8 Å². The fraction of sp³-hybridized carbons (Fsp3) is 0.667. The molecule has 0 amide bonds. The number of rotatable bonds is 2. The Hall–Kier alpha value is 0. The van der Waals surface area contributed by atoms with Crippen LogP contribution in [0.15, 0.2) is 0 Å². The molecule has 0 aliphatic rings. The van der Waals surface area contributed by atoms with Gasteiger partial charge < -0.3 is 5.11 Å². The Bertz CT molecular complexity index is 101. The molecule has 1 N–H and O–H groups in total. The average Bonchev–Trinajstić information content (AvgIpc) is 1.68. The van der Waals surface area contributed by atoms with E-state index in [1.54, 1.807) is 0 Å². The third-order valence-corrected chi connectivity index (χ3v) is 1.01. The van der Waals surface area contributed by atoms with Gasteiger partial charge in [0.25, 0.3) is 0 Å². The van der Waals surface area contributed by atoms with Crippen molar-refractivity contribution >= 4 is 15.9 Å². The second-order valence-corrected chi connectivity index (χ2v) is 1.94. The van der Waals surface area contributed by atoms with Crippen LogP contribution in [0.5, 0.6) is 0 Å². The van der Waals surface area contributed by atoms with Crippen molar-refractivity contribution in [2.24, 2.45) is 0 Å². The molecule has 1 nitrogen and oxygen atoms in total. The van der Waals surface area contributed by atoms with Crippen LogP contribution in [0.2, 0.25) is 0 Å². The Kier molecular flexibility index (Phi) is 5.14. The lowest BCUT2D eigenvalue weighted by molar-refractivity contribution is 0.221. The van der Waals surface area contributed by atoms with Gasteiger partial charge in [0.1, 0.15) is 6.10 Å². The number of hydrogen-bond acceptors (Lipinski definition) is 1. The minimum atomic E-state index is -0.445. The minimum absolute atomic E-state index is 0.445. The summed E-state index contributed by atoms with van der Waals surface area (Å²) in [6.07, 6.45) is 1.29. The number of hydrogen-bond donors (Lipinski definition) is 1. The van der Waals surface area contributed by atoms with E-state index in [4.69, 9.17) is 5.11 Å². The predicted molar refractivity (Wildman–Crippen MR) is 37.6 cm³/mol. The zero-order valence-electron chi connectivity index (χ0n) is 4.82. The van der Waals surface area contributed by atoms with E-state index in [-0.39, 0.29) is 0 Å². The molecule has 0 aromatic heterocycles. The summed E-state index contributed by atoms with van der Waals surface area (Å²) in [6, 6.07) is 0. The third-order valence-electron chi connectivity index (χ3n) is 0.783. The summed E-state index contributed by atoms with van der Waals surface area (Å²) in [5.74, 6) is 2.57. The highest BCUT2D eigenvalue weighted by molar-refractivity contribution is 9.12. The largest absolute Gasteiger partial charge is 0.380 e. The Balaban J connectivity index is 3.27. The van der Waals surface area contributed by atoms with E-state index in [1.165, 1.54) is 0 Å². The predicted octanol–water partition coefficient (Wildman–Crippen LogP) is 1.50. The van der Waals surface area contributed by atoms with Crippen LogP contribution >= 0.6 is 15.9 Å². The minimum Gasteiger partial charge on any atom is -0.380 e. The van der Waals surface area contributed by atoms with Crippen molar-refractivity contribution in [3.05, 3.63) is 0 Å². The van der Waals surface area contributed by atoms with Crippen LogP contribution in [-0.2, 0) is 0 Å². The van der Waals surface area contributed by atoms with E-state index in [2.05, 4.69) is 26.7 Å². The summed E-state index contributed by atoms with van der Waals surface area (Å²) in [6.45, 7) is 2.01. The van der Waals surface area contributed by atoms with Crippen molar-refractivity contribution in [2.75, 3.05) is 0 Å². The van der Waals surface area contributed by atoms with E-state index in [1.807, 2.05) is 6.92 Å². The summed E-state index contributed by atoms with van der Waals surface area (Å²) in [5, 5.41) is 8.85. The average molecular weight is 177 g/mol. The van der Waals surface area contributed by atoms with Crippen LogP contribution in [0, 0.1) is 10.8 Å². The Morgan fingerprint density at radius 1 is 1.75 bits per heavy atom. The maximum atomic E-state index is 8.85. The first kappa shape index (κ1) is 8.00. The van der Waals surface area contributed by atoms with Gasteiger partial charge in [-0.2, -0.15) is 0 Å². The molecule has 0 aromatic carbocycles. The lowest BCUT2D eigenvalue weighted by atomic mass is 10.2. The Morgan fingerprint density at radius 2 is 2.38 bits per heavy atom. The highest BCUT2D eigenvalue weighted by atomic mass is 79.9. The van der Waals surface area contributed by atoms with Crippen LogP contribution in [0.1, 0.15) is 19.8 Å². The molecule has 0 aliphatic heterocycles. The highest BCUT2D eigenvalue weighted by Crippen LogP contribution is 1.93. The molecular formula is C6H9BrO.